The third kappa shape index (κ3) is 2.72. The second-order valence-corrected chi connectivity index (χ2v) is 5.55. The number of carbonyl (C=O) groups is 2. The predicted molar refractivity (Wildman–Crippen MR) is 83.8 cm³/mol. The fourth-order valence-corrected chi connectivity index (χ4v) is 2.69. The van der Waals surface area contributed by atoms with E-state index in [1.165, 1.54) is 0 Å². The molecule has 0 aromatic heterocycles. The van der Waals surface area contributed by atoms with E-state index in [-0.39, 0.29) is 18.3 Å². The van der Waals surface area contributed by atoms with E-state index in [0.29, 0.717) is 5.56 Å². The Hall–Kier alpha value is -2.62. The van der Waals surface area contributed by atoms with Crippen LogP contribution in [0.15, 0.2) is 42.5 Å². The SMILES string of the molecule is Cc1ccc(NC(=O)CC2OC(=O)c3ccccc32)c(C)c1. The molecule has 0 fully saturated rings. The first-order valence-corrected chi connectivity index (χ1v) is 7.21. The first kappa shape index (κ1) is 14.3. The van der Waals surface area contributed by atoms with E-state index in [0.717, 1.165) is 22.4 Å². The topological polar surface area (TPSA) is 55.4 Å². The van der Waals surface area contributed by atoms with Crippen molar-refractivity contribution in [2.75, 3.05) is 5.32 Å². The molecule has 2 aromatic rings. The Labute approximate surface area is 129 Å². The third-order valence-corrected chi connectivity index (χ3v) is 3.80. The van der Waals surface area contributed by atoms with Gasteiger partial charge in [0, 0.05) is 11.3 Å². The quantitative estimate of drug-likeness (QED) is 0.881. The number of rotatable bonds is 3. The van der Waals surface area contributed by atoms with Gasteiger partial charge >= 0.3 is 5.97 Å². The van der Waals surface area contributed by atoms with Crippen LogP contribution in [0, 0.1) is 13.8 Å². The molecule has 4 heteroatoms. The molecule has 112 valence electrons. The lowest BCUT2D eigenvalue weighted by Gasteiger charge is -2.12. The molecule has 1 aliphatic rings. The lowest BCUT2D eigenvalue weighted by Crippen LogP contribution is -2.16. The highest BCUT2D eigenvalue weighted by Crippen LogP contribution is 2.33. The van der Waals surface area contributed by atoms with Gasteiger partial charge in [-0.25, -0.2) is 4.79 Å². The number of carbonyl (C=O) groups excluding carboxylic acids is 2. The van der Waals surface area contributed by atoms with Gasteiger partial charge in [-0.1, -0.05) is 35.9 Å². The van der Waals surface area contributed by atoms with Gasteiger partial charge < -0.3 is 10.1 Å². The lowest BCUT2D eigenvalue weighted by atomic mass is 10.0. The molecule has 1 unspecified atom stereocenters. The van der Waals surface area contributed by atoms with E-state index in [1.807, 2.05) is 44.2 Å². The maximum absolute atomic E-state index is 12.2. The van der Waals surface area contributed by atoms with Crippen molar-refractivity contribution in [1.29, 1.82) is 0 Å². The molecule has 0 aliphatic carbocycles. The summed E-state index contributed by atoms with van der Waals surface area (Å²) in [4.78, 5) is 24.0. The zero-order valence-electron chi connectivity index (χ0n) is 12.6. The molecule has 4 nitrogen and oxygen atoms in total. The maximum atomic E-state index is 12.2. The van der Waals surface area contributed by atoms with Crippen LogP contribution in [0.25, 0.3) is 0 Å². The Kier molecular flexibility index (Phi) is 3.67. The number of ether oxygens (including phenoxy) is 1. The van der Waals surface area contributed by atoms with Crippen molar-refractivity contribution in [2.24, 2.45) is 0 Å². The number of aryl methyl sites for hydroxylation is 2. The highest BCUT2D eigenvalue weighted by atomic mass is 16.5. The zero-order valence-corrected chi connectivity index (χ0v) is 12.6. The van der Waals surface area contributed by atoms with Crippen molar-refractivity contribution in [2.45, 2.75) is 26.4 Å². The van der Waals surface area contributed by atoms with Gasteiger partial charge in [0.05, 0.1) is 12.0 Å². The van der Waals surface area contributed by atoms with E-state index in [2.05, 4.69) is 5.32 Å². The summed E-state index contributed by atoms with van der Waals surface area (Å²) in [5, 5.41) is 2.88. The van der Waals surface area contributed by atoms with Crippen LogP contribution in [0.5, 0.6) is 0 Å². The number of fused-ring (bicyclic) bond motifs is 1. The van der Waals surface area contributed by atoms with Gasteiger partial charge in [-0.05, 0) is 31.5 Å². The number of nitrogens with one attached hydrogen (secondary N) is 1. The summed E-state index contributed by atoms with van der Waals surface area (Å²) in [5.41, 5.74) is 4.27. The second-order valence-electron chi connectivity index (χ2n) is 5.55. The number of anilines is 1. The van der Waals surface area contributed by atoms with Gasteiger partial charge in [-0.15, -0.1) is 0 Å². The molecule has 0 spiro atoms. The van der Waals surface area contributed by atoms with E-state index < -0.39 is 6.10 Å². The van der Waals surface area contributed by atoms with Crippen LogP contribution in [0.2, 0.25) is 0 Å². The number of hydrogen-bond donors (Lipinski definition) is 1. The molecule has 2 aromatic carbocycles. The van der Waals surface area contributed by atoms with Gasteiger partial charge in [-0.3, -0.25) is 4.79 Å². The van der Waals surface area contributed by atoms with Crippen molar-refractivity contribution < 1.29 is 14.3 Å². The normalized spacial score (nSPS) is 16.1. The number of amides is 1. The Morgan fingerprint density at radius 2 is 1.95 bits per heavy atom. The highest BCUT2D eigenvalue weighted by molar-refractivity contribution is 5.96. The van der Waals surface area contributed by atoms with Gasteiger partial charge in [-0.2, -0.15) is 0 Å². The zero-order chi connectivity index (χ0) is 15.7. The molecule has 3 rings (SSSR count). The summed E-state index contributed by atoms with van der Waals surface area (Å²) in [6, 6.07) is 13.0. The average Bonchev–Trinajstić information content (AvgIpc) is 2.79. The third-order valence-electron chi connectivity index (χ3n) is 3.80. The maximum Gasteiger partial charge on any atom is 0.339 e. The summed E-state index contributed by atoms with van der Waals surface area (Å²) in [7, 11) is 0. The van der Waals surface area contributed by atoms with E-state index in [1.54, 1.807) is 12.1 Å². The molecule has 1 amide bonds. The van der Waals surface area contributed by atoms with Crippen molar-refractivity contribution in [1.82, 2.24) is 0 Å². The minimum absolute atomic E-state index is 0.121. The lowest BCUT2D eigenvalue weighted by molar-refractivity contribution is -0.118. The minimum atomic E-state index is -0.505. The summed E-state index contributed by atoms with van der Waals surface area (Å²) >= 11 is 0. The Bertz CT molecular complexity index is 752. The van der Waals surface area contributed by atoms with Crippen molar-refractivity contribution in [3.05, 3.63) is 64.7 Å². The van der Waals surface area contributed by atoms with Crippen LogP contribution in [0.4, 0.5) is 5.69 Å². The molecule has 1 N–H and O–H groups in total. The molecule has 0 saturated carbocycles. The summed E-state index contributed by atoms with van der Waals surface area (Å²) < 4.78 is 5.29. The summed E-state index contributed by atoms with van der Waals surface area (Å²) in [6.45, 7) is 3.96. The van der Waals surface area contributed by atoms with Crippen LogP contribution in [-0.4, -0.2) is 11.9 Å². The van der Waals surface area contributed by atoms with Crippen molar-refractivity contribution in [3.63, 3.8) is 0 Å². The molecule has 0 radical (unpaired) electrons. The minimum Gasteiger partial charge on any atom is -0.453 e. The molecule has 1 aliphatic heterocycles. The monoisotopic (exact) mass is 295 g/mol. The average molecular weight is 295 g/mol. The van der Waals surface area contributed by atoms with Gasteiger partial charge in [0.1, 0.15) is 6.10 Å². The van der Waals surface area contributed by atoms with Crippen LogP contribution in [0.3, 0.4) is 0 Å². The van der Waals surface area contributed by atoms with Crippen LogP contribution in [-0.2, 0) is 9.53 Å². The predicted octanol–water partition coefficient (Wildman–Crippen LogP) is 3.54. The largest absolute Gasteiger partial charge is 0.453 e. The Morgan fingerprint density at radius 1 is 1.18 bits per heavy atom. The van der Waals surface area contributed by atoms with Crippen LogP contribution >= 0.6 is 0 Å². The number of benzene rings is 2. The molecule has 0 saturated heterocycles. The van der Waals surface area contributed by atoms with Gasteiger partial charge in [0.2, 0.25) is 5.91 Å². The fourth-order valence-electron chi connectivity index (χ4n) is 2.69. The first-order chi connectivity index (χ1) is 10.5. The second kappa shape index (κ2) is 5.64. The highest BCUT2D eigenvalue weighted by Gasteiger charge is 2.32. The molecule has 1 atom stereocenters. The van der Waals surface area contributed by atoms with Gasteiger partial charge in [0.25, 0.3) is 0 Å². The summed E-state index contributed by atoms with van der Waals surface area (Å²) in [6.07, 6.45) is -0.384. The number of esters is 1. The van der Waals surface area contributed by atoms with E-state index >= 15 is 0 Å². The number of cyclic esters (lactones) is 1. The molecule has 0 bridgehead atoms. The van der Waals surface area contributed by atoms with Crippen LogP contribution < -0.4 is 5.32 Å². The first-order valence-electron chi connectivity index (χ1n) is 7.21. The number of hydrogen-bond acceptors (Lipinski definition) is 3. The molecule has 22 heavy (non-hydrogen) atoms. The summed E-state index contributed by atoms with van der Waals surface area (Å²) in [5.74, 6) is -0.527. The Morgan fingerprint density at radius 3 is 2.73 bits per heavy atom. The Balaban J connectivity index is 1.72. The van der Waals surface area contributed by atoms with Crippen molar-refractivity contribution >= 4 is 17.6 Å². The molecular weight excluding hydrogens is 278 g/mol. The molecule has 1 heterocycles. The smallest absolute Gasteiger partial charge is 0.339 e. The standard InChI is InChI=1S/C18H17NO3/c1-11-7-8-15(12(2)9-11)19-17(20)10-16-13-5-3-4-6-14(13)18(21)22-16/h3-9,16H,10H2,1-2H3,(H,19,20). The van der Waals surface area contributed by atoms with E-state index in [4.69, 9.17) is 4.74 Å². The molecular formula is C18H17NO3. The van der Waals surface area contributed by atoms with Crippen molar-refractivity contribution in [3.8, 4) is 0 Å². The van der Waals surface area contributed by atoms with Gasteiger partial charge in [0.15, 0.2) is 0 Å². The van der Waals surface area contributed by atoms with E-state index in [9.17, 15) is 9.59 Å². The fraction of sp³-hybridized carbons (Fsp3) is 0.222. The van der Waals surface area contributed by atoms with Crippen LogP contribution in [0.1, 0.15) is 39.6 Å².